The third-order valence-electron chi connectivity index (χ3n) is 4.91. The molecule has 0 amide bonds. The number of anilines is 2. The summed E-state index contributed by atoms with van der Waals surface area (Å²) in [7, 11) is 0. The molecule has 1 aromatic carbocycles. The fraction of sp³-hybridized carbons (Fsp3) is 0.571. The lowest BCUT2D eigenvalue weighted by molar-refractivity contribution is 0.457. The van der Waals surface area contributed by atoms with Crippen LogP contribution in [0.3, 0.4) is 0 Å². The van der Waals surface area contributed by atoms with E-state index < -0.39 is 0 Å². The Labute approximate surface area is 122 Å². The average Bonchev–Trinajstić information content (AvgIpc) is 2.62. The van der Waals surface area contributed by atoms with E-state index in [1.165, 1.54) is 6.07 Å². The summed E-state index contributed by atoms with van der Waals surface area (Å²) in [5.41, 5.74) is 7.87. The first-order valence-corrected chi connectivity index (χ1v) is 7.24. The van der Waals surface area contributed by atoms with Crippen LogP contribution in [0.2, 0.25) is 0 Å². The monoisotopic (exact) mass is 362 g/mol. The minimum absolute atomic E-state index is 0.221. The molecule has 0 bridgehead atoms. The van der Waals surface area contributed by atoms with Gasteiger partial charge in [-0.25, -0.2) is 4.39 Å². The number of nitrogen functional groups attached to an aromatic ring is 1. The van der Waals surface area contributed by atoms with Gasteiger partial charge in [0, 0.05) is 12.6 Å². The Morgan fingerprint density at radius 2 is 1.83 bits per heavy atom. The van der Waals surface area contributed by atoms with Crippen LogP contribution in [0.4, 0.5) is 15.8 Å². The second-order valence-corrected chi connectivity index (χ2v) is 7.39. The summed E-state index contributed by atoms with van der Waals surface area (Å²) in [5.74, 6) is 0.369. The van der Waals surface area contributed by atoms with E-state index in [2.05, 4.69) is 33.0 Å². The van der Waals surface area contributed by atoms with E-state index in [9.17, 15) is 4.39 Å². The minimum Gasteiger partial charge on any atom is -0.397 e. The van der Waals surface area contributed by atoms with Crippen molar-refractivity contribution in [2.24, 2.45) is 16.7 Å². The van der Waals surface area contributed by atoms with Gasteiger partial charge in [-0.1, -0.05) is 27.7 Å². The predicted molar refractivity (Wildman–Crippen MR) is 83.1 cm³/mol. The predicted octanol–water partition coefficient (Wildman–Crippen LogP) is 4.11. The van der Waals surface area contributed by atoms with Gasteiger partial charge in [0.05, 0.1) is 14.9 Å². The van der Waals surface area contributed by atoms with E-state index in [4.69, 9.17) is 5.73 Å². The van der Waals surface area contributed by atoms with Crippen LogP contribution >= 0.6 is 22.6 Å². The van der Waals surface area contributed by atoms with Gasteiger partial charge in [-0.2, -0.15) is 0 Å². The largest absolute Gasteiger partial charge is 0.397 e. The molecule has 0 heterocycles. The standard InChI is InChI=1S/C14H20FIN2/c1-13(2)12(14(13,3)4)7-18-11-5-8(15)9(16)6-10(11)17/h5-6,12,18H,7,17H2,1-4H3. The SMILES string of the molecule is CC1(C)C(CNc2cc(F)c(I)cc2N)C1(C)C. The molecule has 1 saturated carbocycles. The lowest BCUT2D eigenvalue weighted by Gasteiger charge is -2.11. The quantitative estimate of drug-likeness (QED) is 0.628. The zero-order chi connectivity index (χ0) is 13.7. The maximum absolute atomic E-state index is 13.5. The van der Waals surface area contributed by atoms with E-state index in [1.807, 2.05) is 22.6 Å². The first kappa shape index (κ1) is 13.9. The summed E-state index contributed by atoms with van der Waals surface area (Å²) in [6.07, 6.45) is 0. The molecule has 0 aliphatic heterocycles. The highest BCUT2D eigenvalue weighted by Gasteiger charge is 2.64. The van der Waals surface area contributed by atoms with Crippen LogP contribution in [-0.4, -0.2) is 6.54 Å². The van der Waals surface area contributed by atoms with Crippen LogP contribution in [0.15, 0.2) is 12.1 Å². The molecule has 0 saturated heterocycles. The maximum Gasteiger partial charge on any atom is 0.138 e. The molecule has 0 atom stereocenters. The highest BCUT2D eigenvalue weighted by molar-refractivity contribution is 14.1. The molecule has 1 aliphatic rings. The second-order valence-electron chi connectivity index (χ2n) is 6.23. The Hall–Kier alpha value is -0.520. The van der Waals surface area contributed by atoms with E-state index in [1.54, 1.807) is 6.07 Å². The molecule has 0 aromatic heterocycles. The zero-order valence-corrected chi connectivity index (χ0v) is 13.4. The fourth-order valence-corrected chi connectivity index (χ4v) is 3.26. The average molecular weight is 362 g/mol. The van der Waals surface area contributed by atoms with Gasteiger partial charge >= 0.3 is 0 Å². The molecule has 0 unspecified atom stereocenters. The number of rotatable bonds is 3. The number of hydrogen-bond acceptors (Lipinski definition) is 2. The molecule has 3 N–H and O–H groups in total. The summed E-state index contributed by atoms with van der Waals surface area (Å²) < 4.78 is 14.1. The van der Waals surface area contributed by atoms with Gasteiger partial charge in [-0.15, -0.1) is 0 Å². The third-order valence-corrected chi connectivity index (χ3v) is 5.74. The number of nitrogens with one attached hydrogen (secondary N) is 1. The van der Waals surface area contributed by atoms with Crippen molar-refractivity contribution in [1.29, 1.82) is 0 Å². The minimum atomic E-state index is -0.221. The lowest BCUT2D eigenvalue weighted by atomic mass is 10.0. The maximum atomic E-state index is 13.5. The molecular weight excluding hydrogens is 342 g/mol. The van der Waals surface area contributed by atoms with Crippen LogP contribution in [0, 0.1) is 26.1 Å². The molecule has 1 aliphatic carbocycles. The molecule has 0 spiro atoms. The molecular formula is C14H20FIN2. The number of nitrogens with two attached hydrogens (primary N) is 1. The number of halogens is 2. The highest BCUT2D eigenvalue weighted by Crippen LogP contribution is 2.68. The Morgan fingerprint density at radius 3 is 2.33 bits per heavy atom. The van der Waals surface area contributed by atoms with E-state index in [-0.39, 0.29) is 5.82 Å². The van der Waals surface area contributed by atoms with Gasteiger partial charge in [0.15, 0.2) is 0 Å². The Kier molecular flexibility index (Phi) is 3.28. The summed E-state index contributed by atoms with van der Waals surface area (Å²) in [6.45, 7) is 9.94. The summed E-state index contributed by atoms with van der Waals surface area (Å²) in [4.78, 5) is 0. The van der Waals surface area contributed by atoms with Crippen LogP contribution in [0.1, 0.15) is 27.7 Å². The van der Waals surface area contributed by atoms with Crippen LogP contribution in [0.5, 0.6) is 0 Å². The van der Waals surface area contributed by atoms with Gasteiger partial charge in [0.2, 0.25) is 0 Å². The van der Waals surface area contributed by atoms with Gasteiger partial charge in [-0.05, 0) is 45.4 Å². The van der Waals surface area contributed by atoms with Crippen molar-refractivity contribution in [2.75, 3.05) is 17.6 Å². The zero-order valence-electron chi connectivity index (χ0n) is 11.3. The molecule has 2 nitrogen and oxygen atoms in total. The van der Waals surface area contributed by atoms with Gasteiger partial charge < -0.3 is 11.1 Å². The van der Waals surface area contributed by atoms with Crippen molar-refractivity contribution in [1.82, 2.24) is 0 Å². The van der Waals surface area contributed by atoms with Crippen LogP contribution < -0.4 is 11.1 Å². The molecule has 2 rings (SSSR count). The van der Waals surface area contributed by atoms with E-state index in [0.29, 0.717) is 31.7 Å². The molecule has 1 aromatic rings. The molecule has 18 heavy (non-hydrogen) atoms. The van der Waals surface area contributed by atoms with E-state index >= 15 is 0 Å². The van der Waals surface area contributed by atoms with Crippen LogP contribution in [0.25, 0.3) is 0 Å². The van der Waals surface area contributed by atoms with Crippen molar-refractivity contribution >= 4 is 34.0 Å². The summed E-state index contributed by atoms with van der Waals surface area (Å²) in [6, 6.07) is 3.15. The van der Waals surface area contributed by atoms with Crippen molar-refractivity contribution < 1.29 is 4.39 Å². The lowest BCUT2D eigenvalue weighted by Crippen LogP contribution is -2.10. The summed E-state index contributed by atoms with van der Waals surface area (Å²) in [5, 5.41) is 3.29. The Morgan fingerprint density at radius 1 is 1.28 bits per heavy atom. The number of benzene rings is 1. The molecule has 1 fully saturated rings. The second kappa shape index (κ2) is 4.25. The number of hydrogen-bond donors (Lipinski definition) is 2. The molecule has 0 radical (unpaired) electrons. The van der Waals surface area contributed by atoms with E-state index in [0.717, 1.165) is 6.54 Å². The first-order valence-electron chi connectivity index (χ1n) is 6.16. The van der Waals surface area contributed by atoms with Crippen molar-refractivity contribution in [3.8, 4) is 0 Å². The molecule has 4 heteroatoms. The van der Waals surface area contributed by atoms with Gasteiger partial charge in [0.1, 0.15) is 5.82 Å². The Balaban J connectivity index is 2.07. The van der Waals surface area contributed by atoms with Gasteiger partial charge in [-0.3, -0.25) is 0 Å². The smallest absolute Gasteiger partial charge is 0.138 e. The molecule has 100 valence electrons. The van der Waals surface area contributed by atoms with Crippen LogP contribution in [-0.2, 0) is 0 Å². The van der Waals surface area contributed by atoms with Crippen molar-refractivity contribution in [3.05, 3.63) is 21.5 Å². The third kappa shape index (κ3) is 2.08. The Bertz CT molecular complexity index is 469. The summed E-state index contributed by atoms with van der Waals surface area (Å²) >= 11 is 1.95. The normalized spacial score (nSPS) is 20.8. The first-order chi connectivity index (χ1) is 8.18. The van der Waals surface area contributed by atoms with Gasteiger partial charge in [0.25, 0.3) is 0 Å². The highest BCUT2D eigenvalue weighted by atomic mass is 127. The topological polar surface area (TPSA) is 38.0 Å². The fourth-order valence-electron chi connectivity index (χ4n) is 2.77. The van der Waals surface area contributed by atoms with Crippen molar-refractivity contribution in [2.45, 2.75) is 27.7 Å². The van der Waals surface area contributed by atoms with Crippen molar-refractivity contribution in [3.63, 3.8) is 0 Å².